The number of carbonyl (C=O) groups excluding carboxylic acids is 5. The molecule has 2 aromatic rings. The molecule has 0 amide bonds. The van der Waals surface area contributed by atoms with Gasteiger partial charge in [-0.25, -0.2) is 4.98 Å². The first kappa shape index (κ1) is 43.2. The van der Waals surface area contributed by atoms with Gasteiger partial charge >= 0.3 is 34.7 Å². The van der Waals surface area contributed by atoms with E-state index in [9.17, 15) is 28.8 Å². The fraction of sp³-hybridized carbons (Fsp3) is 0.697. The summed E-state index contributed by atoms with van der Waals surface area (Å²) in [6, 6.07) is 0. The molecule has 2 N–H and O–H groups in total. The minimum absolute atomic E-state index is 0.00858. The zero-order valence-electron chi connectivity index (χ0n) is 31.6. The smallest absolute Gasteiger partial charge is 0.311 e. The van der Waals surface area contributed by atoms with Crippen molar-refractivity contribution < 1.29 is 66.6 Å². The highest BCUT2D eigenvalue weighted by atomic mass is 32.1. The van der Waals surface area contributed by atoms with Gasteiger partial charge in [-0.2, -0.15) is 4.98 Å². The van der Waals surface area contributed by atoms with E-state index in [0.717, 1.165) is 11.3 Å². The van der Waals surface area contributed by atoms with Crippen molar-refractivity contribution in [2.24, 2.45) is 11.8 Å². The average molecular weight is 773 g/mol. The second-order valence-electron chi connectivity index (χ2n) is 13.3. The first-order chi connectivity index (χ1) is 24.5. The fourth-order valence-corrected chi connectivity index (χ4v) is 6.55. The number of hydrogen-bond acceptors (Lipinski definition) is 19. The predicted octanol–water partition coefficient (Wildman–Crippen LogP) is 2.37. The molecule has 2 fully saturated rings. The second kappa shape index (κ2) is 17.7. The standard InChI is InChI=1S/C18H24N4O7S.C15H24O8/c1-8-11(7-26-9(2)23)27-15(13(8)29-18(4,5)28-10(3)24)22-14-12(30-17(22)25)6-20-16(19)21-14;1-8-12(7-19-9(2)16)21-14(20-10(3)17)13(8)23-15(5,6)22-11(4)18/h6,8,11,13,15H,7H2,1-5H3,(H2,19,20,21);8,12-14H,7H2,1-6H3/t8-,11-,13-,15-;8-,12-,13-,14?/m11/s1. The highest BCUT2D eigenvalue weighted by Gasteiger charge is 2.49. The molecule has 8 atom stereocenters. The molecule has 2 aromatic heterocycles. The van der Waals surface area contributed by atoms with Crippen molar-refractivity contribution in [1.82, 2.24) is 14.5 Å². The van der Waals surface area contributed by atoms with Crippen LogP contribution in [0.5, 0.6) is 0 Å². The molecule has 0 spiro atoms. The Labute approximate surface area is 309 Å². The largest absolute Gasteiger partial charge is 0.463 e. The van der Waals surface area contributed by atoms with Gasteiger partial charge < -0.3 is 48.4 Å². The van der Waals surface area contributed by atoms with Crippen molar-refractivity contribution >= 4 is 57.5 Å². The maximum Gasteiger partial charge on any atom is 0.311 e. The number of nitrogens with two attached hydrogens (primary N) is 1. The van der Waals surface area contributed by atoms with Crippen LogP contribution in [0.1, 0.15) is 82.4 Å². The van der Waals surface area contributed by atoms with Gasteiger partial charge in [0, 0.05) is 74.1 Å². The summed E-state index contributed by atoms with van der Waals surface area (Å²) in [5, 5.41) is 0. The number of thiazole rings is 1. The molecule has 19 nitrogen and oxygen atoms in total. The third kappa shape index (κ3) is 12.1. The average Bonchev–Trinajstić information content (AvgIpc) is 3.58. The van der Waals surface area contributed by atoms with Crippen molar-refractivity contribution in [2.75, 3.05) is 18.9 Å². The first-order valence-corrected chi connectivity index (χ1v) is 17.4. The van der Waals surface area contributed by atoms with Gasteiger partial charge in [0.05, 0.1) is 17.0 Å². The summed E-state index contributed by atoms with van der Waals surface area (Å²) in [6.07, 6.45) is -2.86. The molecule has 4 rings (SSSR count). The number of rotatable bonds is 12. The highest BCUT2D eigenvalue weighted by Crippen LogP contribution is 2.40. The SMILES string of the molecule is CC(=O)OC[C@H]1OC(OC(C)=O)[C@H](OC(C)(C)OC(C)=O)[C@@H]1C.CC(=O)OC[C@H]1O[C@@H](n2c(=O)sc3cnc(N)nc32)[C@H](OC(C)(C)OC(C)=O)[C@@H]1C. The van der Waals surface area contributed by atoms with Crippen LogP contribution in [0.25, 0.3) is 10.3 Å². The summed E-state index contributed by atoms with van der Waals surface area (Å²) in [5.41, 5.74) is 6.01. The monoisotopic (exact) mass is 772 g/mol. The van der Waals surface area contributed by atoms with E-state index in [1.54, 1.807) is 27.7 Å². The fourth-order valence-electron chi connectivity index (χ4n) is 5.73. The predicted molar refractivity (Wildman–Crippen MR) is 183 cm³/mol. The van der Waals surface area contributed by atoms with Crippen molar-refractivity contribution in [1.29, 1.82) is 0 Å². The molecule has 4 heterocycles. The van der Waals surface area contributed by atoms with Gasteiger partial charge in [0.2, 0.25) is 23.8 Å². The lowest BCUT2D eigenvalue weighted by molar-refractivity contribution is -0.262. The maximum atomic E-state index is 12.8. The number of carbonyl (C=O) groups is 5. The Morgan fingerprint density at radius 1 is 0.792 bits per heavy atom. The van der Waals surface area contributed by atoms with Gasteiger partial charge in [-0.15, -0.1) is 0 Å². The second-order valence-corrected chi connectivity index (χ2v) is 14.3. The lowest BCUT2D eigenvalue weighted by atomic mass is 10.00. The quantitative estimate of drug-likeness (QED) is 0.185. The Balaban J connectivity index is 0.000000297. The Kier molecular flexibility index (Phi) is 14.4. The summed E-state index contributed by atoms with van der Waals surface area (Å²) >= 11 is 0.946. The number of fused-ring (bicyclic) bond motifs is 1. The van der Waals surface area contributed by atoms with Crippen LogP contribution in [-0.2, 0) is 66.6 Å². The number of hydrogen-bond donors (Lipinski definition) is 1. The molecule has 20 heteroatoms. The van der Waals surface area contributed by atoms with Crippen LogP contribution in [-0.4, -0.2) is 99.9 Å². The number of nitrogen functional groups attached to an aromatic ring is 1. The Morgan fingerprint density at radius 3 is 1.77 bits per heavy atom. The minimum Gasteiger partial charge on any atom is -0.463 e. The van der Waals surface area contributed by atoms with Gasteiger partial charge in [0.25, 0.3) is 0 Å². The summed E-state index contributed by atoms with van der Waals surface area (Å²) in [5.74, 6) is -5.50. The molecule has 1 unspecified atom stereocenters. The zero-order chi connectivity index (χ0) is 40.0. The Morgan fingerprint density at radius 2 is 1.28 bits per heavy atom. The van der Waals surface area contributed by atoms with Gasteiger partial charge in [-0.1, -0.05) is 25.2 Å². The number of aromatic nitrogens is 3. The van der Waals surface area contributed by atoms with Crippen LogP contribution in [0.15, 0.2) is 11.0 Å². The van der Waals surface area contributed by atoms with E-state index in [-0.39, 0.29) is 35.9 Å². The number of nitrogens with zero attached hydrogens (tertiary/aromatic N) is 3. The van der Waals surface area contributed by atoms with Crippen LogP contribution in [0.4, 0.5) is 5.95 Å². The Hall–Kier alpha value is -4.24. The van der Waals surface area contributed by atoms with E-state index in [1.165, 1.54) is 45.4 Å². The molecule has 2 aliphatic rings. The van der Waals surface area contributed by atoms with E-state index in [4.69, 9.17) is 48.4 Å². The van der Waals surface area contributed by atoms with Crippen LogP contribution >= 0.6 is 11.3 Å². The lowest BCUT2D eigenvalue weighted by Crippen LogP contribution is -2.42. The van der Waals surface area contributed by atoms with Crippen molar-refractivity contribution in [3.05, 3.63) is 15.9 Å². The molecule has 296 valence electrons. The van der Waals surface area contributed by atoms with E-state index < -0.39 is 78.4 Å². The molecular formula is C33H48N4O15S. The molecule has 0 bridgehead atoms. The van der Waals surface area contributed by atoms with Crippen molar-refractivity contribution in [3.8, 4) is 0 Å². The van der Waals surface area contributed by atoms with Crippen molar-refractivity contribution in [3.63, 3.8) is 0 Å². The lowest BCUT2D eigenvalue weighted by Gasteiger charge is -2.32. The summed E-state index contributed by atoms with van der Waals surface area (Å²) in [7, 11) is 0. The van der Waals surface area contributed by atoms with E-state index in [1.807, 2.05) is 13.8 Å². The normalized spacial score (nSPS) is 25.6. The van der Waals surface area contributed by atoms with Crippen LogP contribution in [0.2, 0.25) is 0 Å². The first-order valence-electron chi connectivity index (χ1n) is 16.6. The van der Waals surface area contributed by atoms with Crippen LogP contribution in [0, 0.1) is 11.8 Å². The minimum atomic E-state index is -1.29. The Bertz CT molecular complexity index is 1710. The third-order valence-electron chi connectivity index (χ3n) is 7.82. The number of esters is 5. The van der Waals surface area contributed by atoms with Crippen LogP contribution in [0.3, 0.4) is 0 Å². The van der Waals surface area contributed by atoms with E-state index in [2.05, 4.69) is 9.97 Å². The topological polar surface area (TPSA) is 242 Å². The molecule has 2 saturated heterocycles. The highest BCUT2D eigenvalue weighted by molar-refractivity contribution is 7.16. The number of ether oxygens (including phenoxy) is 9. The summed E-state index contributed by atoms with van der Waals surface area (Å²) in [4.78, 5) is 76.6. The summed E-state index contributed by atoms with van der Waals surface area (Å²) in [6.45, 7) is 16.4. The van der Waals surface area contributed by atoms with Gasteiger partial charge in [0.1, 0.15) is 31.5 Å². The van der Waals surface area contributed by atoms with Gasteiger partial charge in [0.15, 0.2) is 11.9 Å². The van der Waals surface area contributed by atoms with Gasteiger partial charge in [-0.3, -0.25) is 33.3 Å². The van der Waals surface area contributed by atoms with Gasteiger partial charge in [-0.05, 0) is 0 Å². The van der Waals surface area contributed by atoms with Crippen LogP contribution < -0.4 is 10.6 Å². The molecule has 0 aliphatic carbocycles. The molecule has 0 aromatic carbocycles. The van der Waals surface area contributed by atoms with E-state index in [0.29, 0.717) is 10.3 Å². The summed E-state index contributed by atoms with van der Waals surface area (Å²) < 4.78 is 51.0. The van der Waals surface area contributed by atoms with Crippen molar-refractivity contribution in [2.45, 2.75) is 125 Å². The molecule has 53 heavy (non-hydrogen) atoms. The molecular weight excluding hydrogens is 724 g/mol. The molecule has 0 saturated carbocycles. The third-order valence-corrected chi connectivity index (χ3v) is 8.70. The zero-order valence-corrected chi connectivity index (χ0v) is 32.4. The molecule has 0 radical (unpaired) electrons. The van der Waals surface area contributed by atoms with E-state index >= 15 is 0 Å². The maximum absolute atomic E-state index is 12.8. The molecule has 2 aliphatic heterocycles. The number of anilines is 1.